The summed E-state index contributed by atoms with van der Waals surface area (Å²) in [6.45, 7) is 4.15. The van der Waals surface area contributed by atoms with Crippen LogP contribution in [0.5, 0.6) is 0 Å². The van der Waals surface area contributed by atoms with Gasteiger partial charge in [-0.05, 0) is 20.8 Å². The summed E-state index contributed by atoms with van der Waals surface area (Å²) < 4.78 is 30.3. The normalized spacial score (nSPS) is 13.7. The van der Waals surface area contributed by atoms with Gasteiger partial charge in [-0.25, -0.2) is 8.42 Å². The predicted molar refractivity (Wildman–Crippen MR) is 53.4 cm³/mol. The molecule has 90 valence electrons. The summed E-state index contributed by atoms with van der Waals surface area (Å²) in [5, 5.41) is 12.1. The molecule has 1 atom stereocenters. The lowest BCUT2D eigenvalue weighted by molar-refractivity contribution is -0.138. The number of hydrogen-bond donors (Lipinski definition) is 2. The van der Waals surface area contributed by atoms with Crippen molar-refractivity contribution in [3.8, 4) is 0 Å². The third-order valence-corrected chi connectivity index (χ3v) is 3.72. The van der Waals surface area contributed by atoms with Gasteiger partial charge in [-0.1, -0.05) is 5.16 Å². The number of carboxylic acids is 1. The van der Waals surface area contributed by atoms with Gasteiger partial charge in [0, 0.05) is 0 Å². The summed E-state index contributed by atoms with van der Waals surface area (Å²) in [6.07, 6.45) is 0. The smallest absolute Gasteiger partial charge is 0.321 e. The maximum absolute atomic E-state index is 11.8. The van der Waals surface area contributed by atoms with Gasteiger partial charge in [0.1, 0.15) is 16.6 Å². The predicted octanol–water partition coefficient (Wildman–Crippen LogP) is 0.0428. The van der Waals surface area contributed by atoms with Gasteiger partial charge in [0.2, 0.25) is 10.0 Å². The van der Waals surface area contributed by atoms with E-state index in [1.807, 2.05) is 4.72 Å². The van der Waals surface area contributed by atoms with Crippen molar-refractivity contribution in [2.24, 2.45) is 0 Å². The molecule has 0 aliphatic carbocycles. The summed E-state index contributed by atoms with van der Waals surface area (Å²) in [5.74, 6) is -1.13. The van der Waals surface area contributed by atoms with E-state index < -0.39 is 22.0 Å². The summed E-state index contributed by atoms with van der Waals surface area (Å²) in [6, 6.07) is -1.21. The highest BCUT2D eigenvalue weighted by atomic mass is 32.2. The van der Waals surface area contributed by atoms with Gasteiger partial charge in [0.15, 0.2) is 5.76 Å². The number of sulfonamides is 1. The number of nitrogens with one attached hydrogen (secondary N) is 1. The first-order valence-electron chi connectivity index (χ1n) is 4.43. The molecule has 0 aromatic carbocycles. The second-order valence-corrected chi connectivity index (χ2v) is 4.99. The van der Waals surface area contributed by atoms with Crippen LogP contribution in [0.1, 0.15) is 18.4 Å². The summed E-state index contributed by atoms with van der Waals surface area (Å²) in [7, 11) is -3.91. The molecule has 0 saturated carbocycles. The Morgan fingerprint density at radius 2 is 2.06 bits per heavy atom. The van der Waals surface area contributed by atoms with E-state index >= 15 is 0 Å². The number of carbonyl (C=O) groups is 1. The van der Waals surface area contributed by atoms with Crippen LogP contribution >= 0.6 is 0 Å². The van der Waals surface area contributed by atoms with Crippen LogP contribution in [-0.4, -0.2) is 30.7 Å². The van der Waals surface area contributed by atoms with Crippen molar-refractivity contribution >= 4 is 16.0 Å². The number of aryl methyl sites for hydroxylation is 2. The first-order valence-corrected chi connectivity index (χ1v) is 5.92. The minimum atomic E-state index is -3.91. The fraction of sp³-hybridized carbons (Fsp3) is 0.500. The van der Waals surface area contributed by atoms with Gasteiger partial charge < -0.3 is 9.63 Å². The fourth-order valence-corrected chi connectivity index (χ4v) is 2.73. The zero-order valence-electron chi connectivity index (χ0n) is 9.01. The van der Waals surface area contributed by atoms with E-state index in [0.29, 0.717) is 0 Å². The molecule has 1 heterocycles. The van der Waals surface area contributed by atoms with Crippen LogP contribution in [0.25, 0.3) is 0 Å². The van der Waals surface area contributed by atoms with Crippen molar-refractivity contribution in [1.82, 2.24) is 9.88 Å². The molecule has 1 aromatic rings. The van der Waals surface area contributed by atoms with Crippen molar-refractivity contribution in [3.05, 3.63) is 11.5 Å². The first kappa shape index (κ1) is 12.7. The lowest BCUT2D eigenvalue weighted by Gasteiger charge is -2.09. The van der Waals surface area contributed by atoms with Crippen molar-refractivity contribution in [1.29, 1.82) is 0 Å². The zero-order valence-corrected chi connectivity index (χ0v) is 9.83. The number of hydrogen-bond acceptors (Lipinski definition) is 5. The van der Waals surface area contributed by atoms with Crippen molar-refractivity contribution in [2.45, 2.75) is 31.7 Å². The average Bonchev–Trinajstić information content (AvgIpc) is 2.45. The molecule has 2 N–H and O–H groups in total. The Morgan fingerprint density at radius 3 is 2.44 bits per heavy atom. The third kappa shape index (κ3) is 2.39. The van der Waals surface area contributed by atoms with Gasteiger partial charge in [-0.3, -0.25) is 4.79 Å². The Morgan fingerprint density at radius 1 is 1.50 bits per heavy atom. The minimum Gasteiger partial charge on any atom is -0.480 e. The molecule has 0 aliphatic rings. The Bertz CT molecular complexity index is 485. The fourth-order valence-electron chi connectivity index (χ4n) is 1.20. The molecular weight excluding hydrogens is 236 g/mol. The standard InChI is InChI=1S/C8H12N2O5S/c1-4-7(6(3)15-9-4)16(13,14)10-5(2)8(11)12/h5,10H,1-3H3,(H,11,12). The number of carboxylic acid groups (broad SMARTS) is 1. The molecule has 0 radical (unpaired) electrons. The topological polar surface area (TPSA) is 110 Å². The van der Waals surface area contributed by atoms with Gasteiger partial charge in [0.25, 0.3) is 0 Å². The molecule has 0 amide bonds. The molecular formula is C8H12N2O5S. The quantitative estimate of drug-likeness (QED) is 0.778. The van der Waals surface area contributed by atoms with E-state index in [4.69, 9.17) is 9.63 Å². The number of aliphatic carboxylic acids is 1. The van der Waals surface area contributed by atoms with Crippen LogP contribution in [0.2, 0.25) is 0 Å². The molecule has 0 spiro atoms. The van der Waals surface area contributed by atoms with E-state index in [1.54, 1.807) is 0 Å². The second-order valence-electron chi connectivity index (χ2n) is 3.33. The molecule has 1 unspecified atom stereocenters. The Kier molecular flexibility index (Phi) is 3.34. The van der Waals surface area contributed by atoms with Gasteiger partial charge in [-0.2, -0.15) is 4.72 Å². The van der Waals surface area contributed by atoms with E-state index in [-0.39, 0.29) is 16.3 Å². The third-order valence-electron chi connectivity index (χ3n) is 1.94. The monoisotopic (exact) mass is 248 g/mol. The van der Waals surface area contributed by atoms with Crippen LogP contribution in [-0.2, 0) is 14.8 Å². The van der Waals surface area contributed by atoms with Gasteiger partial charge >= 0.3 is 5.97 Å². The number of nitrogens with zero attached hydrogens (tertiary/aromatic N) is 1. The highest BCUT2D eigenvalue weighted by Gasteiger charge is 2.27. The highest BCUT2D eigenvalue weighted by molar-refractivity contribution is 7.89. The molecule has 8 heteroatoms. The molecule has 0 fully saturated rings. The first-order chi connectivity index (χ1) is 7.25. The van der Waals surface area contributed by atoms with Gasteiger partial charge in [-0.15, -0.1) is 0 Å². The summed E-state index contributed by atoms with van der Waals surface area (Å²) in [4.78, 5) is 10.4. The van der Waals surface area contributed by atoms with Crippen LogP contribution in [0.15, 0.2) is 9.42 Å². The Balaban J connectivity index is 3.09. The molecule has 0 aliphatic heterocycles. The second kappa shape index (κ2) is 4.22. The van der Waals surface area contributed by atoms with Crippen molar-refractivity contribution in [3.63, 3.8) is 0 Å². The number of rotatable bonds is 4. The van der Waals surface area contributed by atoms with E-state index in [9.17, 15) is 13.2 Å². The molecule has 1 rings (SSSR count). The van der Waals surface area contributed by atoms with Gasteiger partial charge in [0.05, 0.1) is 0 Å². The maximum atomic E-state index is 11.8. The molecule has 1 aromatic heterocycles. The van der Waals surface area contributed by atoms with Crippen LogP contribution < -0.4 is 4.72 Å². The van der Waals surface area contributed by atoms with Crippen LogP contribution in [0, 0.1) is 13.8 Å². The molecule has 0 bridgehead atoms. The molecule has 0 saturated heterocycles. The average molecular weight is 248 g/mol. The van der Waals surface area contributed by atoms with Crippen LogP contribution in [0.3, 0.4) is 0 Å². The van der Waals surface area contributed by atoms with Crippen LogP contribution in [0.4, 0.5) is 0 Å². The zero-order chi connectivity index (χ0) is 12.5. The highest BCUT2D eigenvalue weighted by Crippen LogP contribution is 2.18. The molecule has 16 heavy (non-hydrogen) atoms. The van der Waals surface area contributed by atoms with E-state index in [2.05, 4.69) is 5.16 Å². The summed E-state index contributed by atoms with van der Waals surface area (Å²) in [5.41, 5.74) is 0.197. The van der Waals surface area contributed by atoms with Crippen molar-refractivity contribution < 1.29 is 22.8 Å². The van der Waals surface area contributed by atoms with E-state index in [1.165, 1.54) is 20.8 Å². The summed E-state index contributed by atoms with van der Waals surface area (Å²) >= 11 is 0. The lowest BCUT2D eigenvalue weighted by Crippen LogP contribution is -2.38. The van der Waals surface area contributed by atoms with Crippen molar-refractivity contribution in [2.75, 3.05) is 0 Å². The largest absolute Gasteiger partial charge is 0.480 e. The van der Waals surface area contributed by atoms with E-state index in [0.717, 1.165) is 0 Å². The maximum Gasteiger partial charge on any atom is 0.321 e. The molecule has 7 nitrogen and oxygen atoms in total. The SMILES string of the molecule is Cc1noc(C)c1S(=O)(=O)NC(C)C(=O)O. The lowest BCUT2D eigenvalue weighted by atomic mass is 10.4. The number of aromatic nitrogens is 1. The Labute approximate surface area is 92.5 Å². The minimum absolute atomic E-state index is 0.111. The Hall–Kier alpha value is -1.41.